The highest BCUT2D eigenvalue weighted by atomic mass is 32.2. The van der Waals surface area contributed by atoms with Gasteiger partial charge < -0.3 is 9.47 Å². The summed E-state index contributed by atoms with van der Waals surface area (Å²) in [6.07, 6.45) is 3.42. The number of aromatic nitrogens is 2. The SMILES string of the molecule is O=C(Nc1nnc(SC/C=C/c2ccccc2)s1)[C@@H]1COc2ccccc2O1. The molecule has 8 heteroatoms. The molecule has 0 saturated heterocycles. The summed E-state index contributed by atoms with van der Waals surface area (Å²) in [5, 5.41) is 11.3. The Kier molecular flexibility index (Phi) is 5.89. The van der Waals surface area contributed by atoms with Gasteiger partial charge in [0.15, 0.2) is 15.8 Å². The Morgan fingerprint density at radius 2 is 1.93 bits per heavy atom. The zero-order valence-electron chi connectivity index (χ0n) is 14.8. The minimum Gasteiger partial charge on any atom is -0.485 e. The molecular formula is C20H17N3O3S2. The summed E-state index contributed by atoms with van der Waals surface area (Å²) < 4.78 is 12.1. The number of fused-ring (bicyclic) bond motifs is 1. The van der Waals surface area contributed by atoms with Crippen LogP contribution in [-0.2, 0) is 4.79 Å². The van der Waals surface area contributed by atoms with Gasteiger partial charge in [0.1, 0.15) is 6.61 Å². The van der Waals surface area contributed by atoms with Crippen molar-refractivity contribution in [2.45, 2.75) is 10.4 Å². The number of hydrogen-bond donors (Lipinski definition) is 1. The standard InChI is InChI=1S/C20H17N3O3S2/c24-18(17-13-25-15-10-4-5-11-16(15)26-17)21-19-22-23-20(28-19)27-12-6-9-14-7-2-1-3-8-14/h1-11,17H,12-13H2,(H,21,22,24)/b9-6+/t17-/m0/s1. The molecule has 0 spiro atoms. The predicted octanol–water partition coefficient (Wildman–Crippen LogP) is 4.12. The van der Waals surface area contributed by atoms with Gasteiger partial charge >= 0.3 is 0 Å². The average molecular weight is 412 g/mol. The Hall–Kier alpha value is -2.84. The van der Waals surface area contributed by atoms with Gasteiger partial charge in [0, 0.05) is 5.75 Å². The summed E-state index contributed by atoms with van der Waals surface area (Å²) in [6, 6.07) is 17.4. The van der Waals surface area contributed by atoms with E-state index in [1.54, 1.807) is 17.8 Å². The van der Waals surface area contributed by atoms with Crippen LogP contribution in [0.15, 0.2) is 65.0 Å². The molecule has 0 bridgehead atoms. The summed E-state index contributed by atoms with van der Waals surface area (Å²) in [7, 11) is 0. The largest absolute Gasteiger partial charge is 0.485 e. The summed E-state index contributed by atoms with van der Waals surface area (Å²) in [5.74, 6) is 1.68. The molecule has 3 aromatic rings. The number of nitrogens with one attached hydrogen (secondary N) is 1. The molecule has 0 saturated carbocycles. The fourth-order valence-electron chi connectivity index (χ4n) is 2.52. The second-order valence-electron chi connectivity index (χ2n) is 5.85. The van der Waals surface area contributed by atoms with Crippen LogP contribution < -0.4 is 14.8 Å². The van der Waals surface area contributed by atoms with Crippen LogP contribution in [0.4, 0.5) is 5.13 Å². The van der Waals surface area contributed by atoms with Crippen molar-refractivity contribution in [1.82, 2.24) is 10.2 Å². The van der Waals surface area contributed by atoms with Crippen LogP contribution in [0, 0.1) is 0 Å². The molecule has 2 aromatic carbocycles. The van der Waals surface area contributed by atoms with Crippen LogP contribution in [0.1, 0.15) is 5.56 Å². The third kappa shape index (κ3) is 4.71. The molecule has 0 unspecified atom stereocenters. The summed E-state index contributed by atoms with van der Waals surface area (Å²) >= 11 is 2.90. The third-order valence-corrected chi connectivity index (χ3v) is 5.78. The van der Waals surface area contributed by atoms with Gasteiger partial charge in [0.05, 0.1) is 0 Å². The molecule has 0 fully saturated rings. The van der Waals surface area contributed by atoms with Gasteiger partial charge in [-0.05, 0) is 17.7 Å². The molecule has 142 valence electrons. The van der Waals surface area contributed by atoms with Gasteiger partial charge in [-0.15, -0.1) is 10.2 Å². The molecule has 1 atom stereocenters. The lowest BCUT2D eigenvalue weighted by Gasteiger charge is -2.25. The number of carbonyl (C=O) groups is 1. The minimum absolute atomic E-state index is 0.160. The monoisotopic (exact) mass is 411 g/mol. The van der Waals surface area contributed by atoms with E-state index >= 15 is 0 Å². The van der Waals surface area contributed by atoms with Crippen molar-refractivity contribution in [3.63, 3.8) is 0 Å². The van der Waals surface area contributed by atoms with Crippen LogP contribution in [0.3, 0.4) is 0 Å². The van der Waals surface area contributed by atoms with Crippen LogP contribution in [-0.4, -0.2) is 34.6 Å². The number of nitrogens with zero attached hydrogens (tertiary/aromatic N) is 2. The van der Waals surface area contributed by atoms with E-state index < -0.39 is 6.10 Å². The molecule has 1 aliphatic rings. The van der Waals surface area contributed by atoms with Crippen molar-refractivity contribution < 1.29 is 14.3 Å². The third-order valence-electron chi connectivity index (χ3n) is 3.85. The van der Waals surface area contributed by atoms with Crippen molar-refractivity contribution in [2.24, 2.45) is 0 Å². The second-order valence-corrected chi connectivity index (χ2v) is 8.10. The first-order chi connectivity index (χ1) is 13.8. The number of hydrogen-bond acceptors (Lipinski definition) is 7. The van der Waals surface area contributed by atoms with Crippen LogP contribution in [0.25, 0.3) is 6.08 Å². The minimum atomic E-state index is -0.719. The maximum Gasteiger partial charge on any atom is 0.270 e. The average Bonchev–Trinajstić information content (AvgIpc) is 3.19. The van der Waals surface area contributed by atoms with Crippen LogP contribution >= 0.6 is 23.1 Å². The lowest BCUT2D eigenvalue weighted by molar-refractivity contribution is -0.125. The van der Waals surface area contributed by atoms with E-state index in [0.717, 1.165) is 15.7 Å². The van der Waals surface area contributed by atoms with E-state index in [1.165, 1.54) is 11.3 Å². The first kappa shape index (κ1) is 18.5. The maximum absolute atomic E-state index is 12.4. The first-order valence-electron chi connectivity index (χ1n) is 8.65. The second kappa shape index (κ2) is 8.90. The zero-order chi connectivity index (χ0) is 19.2. The van der Waals surface area contributed by atoms with Gasteiger partial charge in [-0.25, -0.2) is 0 Å². The lowest BCUT2D eigenvalue weighted by Crippen LogP contribution is -2.40. The molecule has 1 amide bonds. The highest BCUT2D eigenvalue weighted by molar-refractivity contribution is 8.01. The topological polar surface area (TPSA) is 73.3 Å². The van der Waals surface area contributed by atoms with Crippen molar-refractivity contribution in [3.8, 4) is 11.5 Å². The van der Waals surface area contributed by atoms with Gasteiger partial charge in [-0.2, -0.15) is 0 Å². The zero-order valence-corrected chi connectivity index (χ0v) is 16.4. The van der Waals surface area contributed by atoms with E-state index in [0.29, 0.717) is 16.6 Å². The number of anilines is 1. The molecule has 28 heavy (non-hydrogen) atoms. The number of thioether (sulfide) groups is 1. The van der Waals surface area contributed by atoms with E-state index in [-0.39, 0.29) is 12.5 Å². The lowest BCUT2D eigenvalue weighted by atomic mass is 10.2. The Bertz CT molecular complexity index is 976. The molecule has 1 aliphatic heterocycles. The normalized spacial score (nSPS) is 15.5. The number of amides is 1. The van der Waals surface area contributed by atoms with Gasteiger partial charge in [-0.1, -0.05) is 77.7 Å². The van der Waals surface area contributed by atoms with E-state index in [4.69, 9.17) is 9.47 Å². The number of para-hydroxylation sites is 2. The fourth-order valence-corrected chi connectivity index (χ4v) is 4.11. The quantitative estimate of drug-likeness (QED) is 0.486. The molecule has 0 radical (unpaired) electrons. The van der Waals surface area contributed by atoms with Crippen molar-refractivity contribution in [3.05, 3.63) is 66.2 Å². The smallest absolute Gasteiger partial charge is 0.270 e. The van der Waals surface area contributed by atoms with Crippen LogP contribution in [0.2, 0.25) is 0 Å². The van der Waals surface area contributed by atoms with E-state index in [2.05, 4.69) is 39.8 Å². The molecule has 1 N–H and O–H groups in total. The van der Waals surface area contributed by atoms with Crippen molar-refractivity contribution >= 4 is 40.2 Å². The molecule has 4 rings (SSSR count). The first-order valence-corrected chi connectivity index (χ1v) is 10.5. The number of benzene rings is 2. The summed E-state index contributed by atoms with van der Waals surface area (Å²) in [6.45, 7) is 0.160. The highest BCUT2D eigenvalue weighted by Gasteiger charge is 2.28. The maximum atomic E-state index is 12.4. The van der Waals surface area contributed by atoms with E-state index in [1.807, 2.05) is 36.4 Å². The van der Waals surface area contributed by atoms with Crippen molar-refractivity contribution in [2.75, 3.05) is 17.7 Å². The number of rotatable bonds is 6. The fraction of sp³-hybridized carbons (Fsp3) is 0.150. The Morgan fingerprint density at radius 1 is 1.14 bits per heavy atom. The number of ether oxygens (including phenoxy) is 2. The molecule has 6 nitrogen and oxygen atoms in total. The van der Waals surface area contributed by atoms with Gasteiger partial charge in [-0.3, -0.25) is 10.1 Å². The van der Waals surface area contributed by atoms with Gasteiger partial charge in [0.25, 0.3) is 5.91 Å². The Morgan fingerprint density at radius 3 is 2.79 bits per heavy atom. The van der Waals surface area contributed by atoms with Crippen LogP contribution in [0.5, 0.6) is 11.5 Å². The highest BCUT2D eigenvalue weighted by Crippen LogP contribution is 2.31. The Balaban J connectivity index is 1.28. The Labute approximate surface area is 170 Å². The van der Waals surface area contributed by atoms with Crippen molar-refractivity contribution in [1.29, 1.82) is 0 Å². The molecule has 1 aromatic heterocycles. The van der Waals surface area contributed by atoms with Gasteiger partial charge in [0.2, 0.25) is 11.2 Å². The van der Waals surface area contributed by atoms with E-state index in [9.17, 15) is 4.79 Å². The molecule has 2 heterocycles. The summed E-state index contributed by atoms with van der Waals surface area (Å²) in [4.78, 5) is 12.4. The summed E-state index contributed by atoms with van der Waals surface area (Å²) in [5.41, 5.74) is 1.16. The number of carbonyl (C=O) groups excluding carboxylic acids is 1. The molecule has 0 aliphatic carbocycles. The predicted molar refractivity (Wildman–Crippen MR) is 111 cm³/mol. The molecular weight excluding hydrogens is 394 g/mol.